The minimum atomic E-state index is -3.28. The van der Waals surface area contributed by atoms with Gasteiger partial charge in [-0.3, -0.25) is 9.05 Å². The van der Waals surface area contributed by atoms with E-state index in [4.69, 9.17) is 9.05 Å². The van der Waals surface area contributed by atoms with Crippen molar-refractivity contribution in [2.75, 3.05) is 39.9 Å². The van der Waals surface area contributed by atoms with E-state index in [9.17, 15) is 13.0 Å². The molecule has 1 N–H and O–H groups in total. The summed E-state index contributed by atoms with van der Waals surface area (Å²) >= 11 is 0. The van der Waals surface area contributed by atoms with E-state index in [0.29, 0.717) is 39.3 Å². The van der Waals surface area contributed by atoms with Gasteiger partial charge in [-0.05, 0) is 57.4 Å². The van der Waals surface area contributed by atoms with Gasteiger partial charge < -0.3 is 4.98 Å². The van der Waals surface area contributed by atoms with E-state index >= 15 is 0 Å². The highest BCUT2D eigenvalue weighted by Crippen LogP contribution is 2.50. The third kappa shape index (κ3) is 5.33. The van der Waals surface area contributed by atoms with Gasteiger partial charge in [0.1, 0.15) is 0 Å². The van der Waals surface area contributed by atoms with Crippen LogP contribution in [0, 0.1) is 0 Å². The Hall–Kier alpha value is -1.22. The van der Waals surface area contributed by atoms with Crippen LogP contribution in [0.4, 0.5) is 0 Å². The highest BCUT2D eigenvalue weighted by molar-refractivity contribution is 7.88. The molecule has 168 valence electrons. The summed E-state index contributed by atoms with van der Waals surface area (Å²) in [5.74, 6) is 0.0198. The molecule has 30 heavy (non-hydrogen) atoms. The zero-order valence-electron chi connectivity index (χ0n) is 18.0. The van der Waals surface area contributed by atoms with Crippen molar-refractivity contribution < 1.29 is 22.0 Å². The fraction of sp³-hybridized carbons (Fsp3) is 0.600. The van der Waals surface area contributed by atoms with Crippen molar-refractivity contribution in [2.45, 2.75) is 38.9 Å². The lowest BCUT2D eigenvalue weighted by Gasteiger charge is -2.26. The topological polar surface area (TPSA) is 91.9 Å². The van der Waals surface area contributed by atoms with Gasteiger partial charge in [0, 0.05) is 36.7 Å². The summed E-state index contributed by atoms with van der Waals surface area (Å²) in [6.45, 7) is 5.97. The van der Waals surface area contributed by atoms with E-state index in [0.717, 1.165) is 34.9 Å². The number of aromatic amines is 1. The van der Waals surface area contributed by atoms with Crippen LogP contribution in [0.3, 0.4) is 0 Å². The average Bonchev–Trinajstić information content (AvgIpc) is 3.36. The largest absolute Gasteiger partial charge is 0.407 e. The van der Waals surface area contributed by atoms with Gasteiger partial charge in [-0.2, -0.15) is 0 Å². The van der Waals surface area contributed by atoms with Gasteiger partial charge in [-0.1, -0.05) is 12.1 Å². The molecule has 1 aromatic carbocycles. The first-order valence-corrected chi connectivity index (χ1v) is 13.6. The van der Waals surface area contributed by atoms with E-state index in [1.54, 1.807) is 29.9 Å². The molecule has 1 aromatic heterocycles. The zero-order valence-corrected chi connectivity index (χ0v) is 19.7. The van der Waals surface area contributed by atoms with Crippen molar-refractivity contribution in [1.29, 1.82) is 0 Å². The monoisotopic (exact) mass is 457 g/mol. The molecule has 1 fully saturated rings. The second kappa shape index (κ2) is 9.94. The number of benzene rings is 1. The molecule has 0 aliphatic carbocycles. The Morgan fingerprint density at radius 3 is 2.47 bits per heavy atom. The van der Waals surface area contributed by atoms with Crippen LogP contribution < -0.4 is 0 Å². The Kier molecular flexibility index (Phi) is 7.76. The number of likely N-dealkylation sites (N-methyl/N-ethyl adjacent to an activating group) is 1. The van der Waals surface area contributed by atoms with Crippen molar-refractivity contribution in [3.05, 3.63) is 35.5 Å². The molecule has 0 amide bonds. The molecular formula is C20H32N3O5PS. The predicted octanol–water partition coefficient (Wildman–Crippen LogP) is 3.75. The van der Waals surface area contributed by atoms with Gasteiger partial charge in [-0.15, -0.1) is 0 Å². The number of nitrogens with one attached hydrogen (secondary N) is 1. The number of aromatic nitrogens is 1. The first-order chi connectivity index (χ1) is 14.3. The summed E-state index contributed by atoms with van der Waals surface area (Å²) in [4.78, 5) is 3.24. The van der Waals surface area contributed by atoms with Crippen LogP contribution in [0.1, 0.15) is 37.8 Å². The molecule has 8 nitrogen and oxygen atoms in total. The van der Waals surface area contributed by atoms with Crippen molar-refractivity contribution >= 4 is 28.7 Å². The maximum Gasteiger partial charge on any atom is 0.407 e. The van der Waals surface area contributed by atoms with E-state index in [-0.39, 0.29) is 5.75 Å². The number of H-pyrrole nitrogens is 1. The van der Waals surface area contributed by atoms with Crippen molar-refractivity contribution in [2.24, 2.45) is 0 Å². The van der Waals surface area contributed by atoms with E-state index in [1.807, 2.05) is 24.4 Å². The first kappa shape index (κ1) is 23.4. The minimum Gasteiger partial charge on any atom is -0.361 e. The van der Waals surface area contributed by atoms with Crippen LogP contribution >= 0.6 is 7.75 Å². The highest BCUT2D eigenvalue weighted by atomic mass is 32.2. The number of nitrogens with zero attached hydrogens (tertiary/aromatic N) is 2. The second-order valence-corrected chi connectivity index (χ2v) is 11.6. The number of hydrogen-bond donors (Lipinski definition) is 1. The second-order valence-electron chi connectivity index (χ2n) is 7.49. The molecule has 1 aliphatic rings. The number of hydrogen-bond acceptors (Lipinski definition) is 5. The molecule has 1 aliphatic heterocycles. The summed E-state index contributed by atoms with van der Waals surface area (Å²) < 4.78 is 52.0. The zero-order chi connectivity index (χ0) is 21.8. The Balaban J connectivity index is 1.69. The summed E-state index contributed by atoms with van der Waals surface area (Å²) in [5.41, 5.74) is 2.75. The van der Waals surface area contributed by atoms with Crippen molar-refractivity contribution in [3.8, 4) is 0 Å². The fourth-order valence-corrected chi connectivity index (χ4v) is 6.83. The van der Waals surface area contributed by atoms with Gasteiger partial charge in [-0.25, -0.2) is 22.0 Å². The number of fused-ring (bicyclic) bond motifs is 1. The van der Waals surface area contributed by atoms with Gasteiger partial charge in [0.2, 0.25) is 10.0 Å². The van der Waals surface area contributed by atoms with Crippen LogP contribution in [0.25, 0.3) is 10.9 Å². The van der Waals surface area contributed by atoms with Gasteiger partial charge in [0.05, 0.1) is 19.0 Å². The summed E-state index contributed by atoms with van der Waals surface area (Å²) in [6, 6.07) is 5.74. The molecule has 0 saturated carbocycles. The molecule has 3 rings (SSSR count). The summed E-state index contributed by atoms with van der Waals surface area (Å²) in [5, 5.41) is 1.04. The molecule has 1 saturated heterocycles. The predicted molar refractivity (Wildman–Crippen MR) is 119 cm³/mol. The van der Waals surface area contributed by atoms with Crippen LogP contribution in [-0.4, -0.2) is 62.3 Å². The molecule has 2 heterocycles. The molecule has 0 radical (unpaired) electrons. The highest BCUT2D eigenvalue weighted by Gasteiger charge is 2.30. The lowest BCUT2D eigenvalue weighted by molar-refractivity contribution is 0.177. The van der Waals surface area contributed by atoms with E-state index in [2.05, 4.69) is 4.98 Å². The van der Waals surface area contributed by atoms with E-state index in [1.165, 1.54) is 0 Å². The van der Waals surface area contributed by atoms with Crippen LogP contribution in [-0.2, 0) is 35.8 Å². The SMILES string of the molecule is CCOP(=O)(OCC)N(C)CCc1c[nH]c2cc(CS(=O)(=O)N3CCCC3)ccc12. The first-order valence-electron chi connectivity index (χ1n) is 10.5. The average molecular weight is 458 g/mol. The van der Waals surface area contributed by atoms with Crippen LogP contribution in [0.15, 0.2) is 24.4 Å². The molecule has 0 bridgehead atoms. The Bertz CT molecular complexity index is 991. The van der Waals surface area contributed by atoms with Gasteiger partial charge >= 0.3 is 7.75 Å². The smallest absolute Gasteiger partial charge is 0.361 e. The fourth-order valence-electron chi connectivity index (χ4n) is 3.76. The Morgan fingerprint density at radius 2 is 1.83 bits per heavy atom. The summed E-state index contributed by atoms with van der Waals surface area (Å²) in [7, 11) is -4.81. The third-order valence-electron chi connectivity index (χ3n) is 5.35. The third-order valence-corrected chi connectivity index (χ3v) is 9.40. The number of sulfonamides is 1. The maximum atomic E-state index is 12.8. The van der Waals surface area contributed by atoms with Crippen molar-refractivity contribution in [1.82, 2.24) is 14.0 Å². The molecule has 0 atom stereocenters. The number of rotatable bonds is 11. The standard InChI is InChI=1S/C20H32N3O5PS/c1-4-27-29(24,28-5-2)22(3)13-10-18-15-21-20-14-17(8-9-19(18)20)16-30(25,26)23-11-6-7-12-23/h8-9,14-15,21H,4-7,10-13,16H2,1-3H3. The lowest BCUT2D eigenvalue weighted by Crippen LogP contribution is -2.29. The molecular weight excluding hydrogens is 425 g/mol. The minimum absolute atomic E-state index is 0.0198. The molecule has 2 aromatic rings. The Labute approximate surface area is 179 Å². The van der Waals surface area contributed by atoms with Gasteiger partial charge in [0.25, 0.3) is 0 Å². The quantitative estimate of drug-likeness (QED) is 0.517. The molecule has 0 spiro atoms. The molecule has 10 heteroatoms. The normalized spacial score (nSPS) is 16.1. The van der Waals surface area contributed by atoms with Crippen LogP contribution in [0.5, 0.6) is 0 Å². The van der Waals surface area contributed by atoms with Crippen molar-refractivity contribution in [3.63, 3.8) is 0 Å². The lowest BCUT2D eigenvalue weighted by atomic mass is 10.1. The van der Waals surface area contributed by atoms with Gasteiger partial charge in [0.15, 0.2) is 0 Å². The summed E-state index contributed by atoms with van der Waals surface area (Å²) in [6.07, 6.45) is 4.45. The molecule has 0 unspecified atom stereocenters. The van der Waals surface area contributed by atoms with E-state index < -0.39 is 17.8 Å². The Morgan fingerprint density at radius 1 is 1.17 bits per heavy atom. The van der Waals surface area contributed by atoms with Crippen LogP contribution in [0.2, 0.25) is 0 Å². The maximum absolute atomic E-state index is 12.8.